The SMILES string of the molecule is CC1=C([SiH2]C2=C(C)C(C)(C)C(Cl)=C2C)C(C)=C(Cl)C1.[Zr]. The monoisotopic (exact) mass is 402 g/mol. The second kappa shape index (κ2) is 6.41. The molecule has 2 aliphatic rings. The number of halogens is 2. The molecule has 2 rings (SSSR count). The van der Waals surface area contributed by atoms with E-state index in [1.165, 1.54) is 27.5 Å². The molecule has 0 radical (unpaired) electrons. The molecule has 0 aliphatic heterocycles. The van der Waals surface area contributed by atoms with E-state index in [0.29, 0.717) is 0 Å². The van der Waals surface area contributed by atoms with Crippen molar-refractivity contribution in [2.75, 3.05) is 0 Å². The normalized spacial score (nSPS) is 22.8. The van der Waals surface area contributed by atoms with Crippen LogP contribution in [-0.2, 0) is 26.2 Å². The first-order valence-corrected chi connectivity index (χ1v) is 8.96. The summed E-state index contributed by atoms with van der Waals surface area (Å²) in [6.45, 7) is 13.2. The van der Waals surface area contributed by atoms with E-state index in [1.807, 2.05) is 0 Å². The fraction of sp³-hybridized carbons (Fsp3) is 0.500. The zero-order valence-corrected chi connectivity index (χ0v) is 18.6. The van der Waals surface area contributed by atoms with Gasteiger partial charge in [-0.25, -0.2) is 0 Å². The maximum Gasteiger partial charge on any atom is 0.0882 e. The summed E-state index contributed by atoms with van der Waals surface area (Å²) in [6, 6.07) is 0. The summed E-state index contributed by atoms with van der Waals surface area (Å²) >= 11 is 12.8. The van der Waals surface area contributed by atoms with E-state index in [2.05, 4.69) is 41.5 Å². The predicted molar refractivity (Wildman–Crippen MR) is 89.4 cm³/mol. The van der Waals surface area contributed by atoms with Crippen molar-refractivity contribution < 1.29 is 26.2 Å². The van der Waals surface area contributed by atoms with E-state index < -0.39 is 9.52 Å². The summed E-state index contributed by atoms with van der Waals surface area (Å²) in [7, 11) is -0.483. The van der Waals surface area contributed by atoms with Gasteiger partial charge in [-0.15, -0.1) is 0 Å². The van der Waals surface area contributed by atoms with Crippen LogP contribution in [-0.4, -0.2) is 9.52 Å². The third-order valence-electron chi connectivity index (χ3n) is 4.87. The molecule has 0 heterocycles. The van der Waals surface area contributed by atoms with Crippen LogP contribution >= 0.6 is 23.2 Å². The van der Waals surface area contributed by atoms with E-state index in [0.717, 1.165) is 16.5 Å². The molecule has 0 amide bonds. The molecule has 2 aliphatic carbocycles. The largest absolute Gasteiger partial charge is 0.0885 e. The van der Waals surface area contributed by atoms with Crippen LogP contribution in [0.4, 0.5) is 0 Å². The Bertz CT molecular complexity index is 577. The summed E-state index contributed by atoms with van der Waals surface area (Å²) in [5, 5.41) is 5.13. The Hall–Kier alpha value is 0.640. The van der Waals surface area contributed by atoms with Crippen LogP contribution in [0, 0.1) is 5.41 Å². The summed E-state index contributed by atoms with van der Waals surface area (Å²) in [6.07, 6.45) is 0.946. The number of hydrogen-bond donors (Lipinski definition) is 0. The molecule has 0 bridgehead atoms. The van der Waals surface area contributed by atoms with Crippen molar-refractivity contribution in [3.05, 3.63) is 42.7 Å². The summed E-state index contributed by atoms with van der Waals surface area (Å²) < 4.78 is 0. The maximum absolute atomic E-state index is 6.54. The number of allylic oxidation sites excluding steroid dienone is 8. The zero-order chi connectivity index (χ0) is 14.5. The Kier molecular flexibility index (Phi) is 5.99. The van der Waals surface area contributed by atoms with Crippen LogP contribution in [0.25, 0.3) is 0 Å². The van der Waals surface area contributed by atoms with Gasteiger partial charge < -0.3 is 0 Å². The molecule has 0 unspecified atom stereocenters. The first-order chi connectivity index (χ1) is 8.67. The smallest absolute Gasteiger partial charge is 0.0882 e. The third kappa shape index (κ3) is 2.91. The quantitative estimate of drug-likeness (QED) is 0.557. The van der Waals surface area contributed by atoms with Crippen LogP contribution in [0.1, 0.15) is 48.0 Å². The second-order valence-corrected chi connectivity index (χ2v) is 8.91. The summed E-state index contributed by atoms with van der Waals surface area (Å²) in [4.78, 5) is 0. The molecule has 0 aromatic heterocycles. The topological polar surface area (TPSA) is 0 Å². The van der Waals surface area contributed by atoms with Crippen molar-refractivity contribution in [1.29, 1.82) is 0 Å². The Morgan fingerprint density at radius 1 is 0.950 bits per heavy atom. The van der Waals surface area contributed by atoms with Crippen molar-refractivity contribution in [3.8, 4) is 0 Å². The second-order valence-electron chi connectivity index (χ2n) is 6.31. The Morgan fingerprint density at radius 3 is 1.85 bits per heavy atom. The van der Waals surface area contributed by atoms with Crippen molar-refractivity contribution in [3.63, 3.8) is 0 Å². The van der Waals surface area contributed by atoms with Crippen molar-refractivity contribution in [1.82, 2.24) is 0 Å². The van der Waals surface area contributed by atoms with Gasteiger partial charge in [0.1, 0.15) is 0 Å². The van der Waals surface area contributed by atoms with Gasteiger partial charge in [-0.2, -0.15) is 0 Å². The van der Waals surface area contributed by atoms with Crippen molar-refractivity contribution in [2.24, 2.45) is 5.41 Å². The molecule has 0 saturated heterocycles. The van der Waals surface area contributed by atoms with Gasteiger partial charge >= 0.3 is 0 Å². The fourth-order valence-electron chi connectivity index (χ4n) is 3.11. The molecule has 0 fully saturated rings. The minimum absolute atomic E-state index is 0. The molecular weight excluding hydrogens is 382 g/mol. The standard InChI is InChI=1S/C16H22Cl2Si.Zr/c1-8-7-12(17)9(2)13(8)19-14-10(3)15(18)16(5,6)11(14)4;/h7,19H2,1-6H3;. The number of rotatable bonds is 2. The molecule has 20 heavy (non-hydrogen) atoms. The van der Waals surface area contributed by atoms with Gasteiger partial charge in [0, 0.05) is 48.1 Å². The molecule has 0 aromatic rings. The van der Waals surface area contributed by atoms with Gasteiger partial charge in [0.2, 0.25) is 0 Å². The van der Waals surface area contributed by atoms with Gasteiger partial charge in [-0.05, 0) is 38.8 Å². The van der Waals surface area contributed by atoms with Crippen molar-refractivity contribution >= 4 is 32.7 Å². The molecule has 108 valence electrons. The van der Waals surface area contributed by atoms with E-state index >= 15 is 0 Å². The van der Waals surface area contributed by atoms with E-state index in [9.17, 15) is 0 Å². The van der Waals surface area contributed by atoms with Crippen molar-refractivity contribution in [2.45, 2.75) is 48.0 Å². The molecule has 0 saturated carbocycles. The van der Waals surface area contributed by atoms with E-state index in [4.69, 9.17) is 23.2 Å². The number of hydrogen-bond acceptors (Lipinski definition) is 0. The van der Waals surface area contributed by atoms with Gasteiger partial charge in [0.15, 0.2) is 0 Å². The van der Waals surface area contributed by atoms with Crippen LogP contribution in [0.3, 0.4) is 0 Å². The van der Waals surface area contributed by atoms with Gasteiger partial charge in [0.25, 0.3) is 0 Å². The molecule has 0 atom stereocenters. The molecule has 4 heteroatoms. The fourth-order valence-corrected chi connectivity index (χ4v) is 6.31. The molecular formula is C16H22Cl2SiZr. The Balaban J connectivity index is 0.00000200. The molecule has 0 N–H and O–H groups in total. The molecule has 0 aromatic carbocycles. The zero-order valence-electron chi connectivity index (χ0n) is 13.2. The third-order valence-corrected chi connectivity index (χ3v) is 8.94. The summed E-state index contributed by atoms with van der Waals surface area (Å²) in [5.41, 5.74) is 5.57. The first-order valence-electron chi connectivity index (χ1n) is 6.79. The molecule has 0 nitrogen and oxygen atoms in total. The van der Waals surface area contributed by atoms with Crippen LogP contribution in [0.15, 0.2) is 42.7 Å². The first kappa shape index (κ1) is 18.7. The van der Waals surface area contributed by atoms with E-state index in [-0.39, 0.29) is 31.6 Å². The summed E-state index contributed by atoms with van der Waals surface area (Å²) in [5.74, 6) is 0. The Morgan fingerprint density at radius 2 is 1.50 bits per heavy atom. The van der Waals surface area contributed by atoms with Gasteiger partial charge in [0.05, 0.1) is 9.52 Å². The minimum atomic E-state index is -0.483. The maximum atomic E-state index is 6.54. The molecule has 0 spiro atoms. The van der Waals surface area contributed by atoms with Crippen LogP contribution < -0.4 is 0 Å². The van der Waals surface area contributed by atoms with Gasteiger partial charge in [-0.3, -0.25) is 0 Å². The minimum Gasteiger partial charge on any atom is -0.0885 e. The van der Waals surface area contributed by atoms with Crippen LogP contribution in [0.5, 0.6) is 0 Å². The average Bonchev–Trinajstić information content (AvgIpc) is 2.65. The average molecular weight is 405 g/mol. The van der Waals surface area contributed by atoms with Crippen LogP contribution in [0.2, 0.25) is 0 Å². The van der Waals surface area contributed by atoms with Gasteiger partial charge in [-0.1, -0.05) is 58.6 Å². The van der Waals surface area contributed by atoms with E-state index in [1.54, 1.807) is 5.20 Å². The Labute approximate surface area is 154 Å². The predicted octanol–water partition coefficient (Wildman–Crippen LogP) is 5.17.